The predicted molar refractivity (Wildman–Crippen MR) is 61.4 cm³/mol. The van der Waals surface area contributed by atoms with Gasteiger partial charge in [0, 0.05) is 19.2 Å². The third-order valence-electron chi connectivity index (χ3n) is 1.73. The van der Waals surface area contributed by atoms with Crippen LogP contribution in [0, 0.1) is 0 Å². The summed E-state index contributed by atoms with van der Waals surface area (Å²) in [6, 6.07) is 2.92. The lowest BCUT2D eigenvalue weighted by Crippen LogP contribution is -2.07. The van der Waals surface area contributed by atoms with E-state index in [1.807, 2.05) is 0 Å². The van der Waals surface area contributed by atoms with Gasteiger partial charge >= 0.3 is 0 Å². The quantitative estimate of drug-likeness (QED) is 0.636. The van der Waals surface area contributed by atoms with Gasteiger partial charge in [-0.1, -0.05) is 23.2 Å². The highest BCUT2D eigenvalue weighted by Gasteiger charge is 2.07. The van der Waals surface area contributed by atoms with E-state index >= 15 is 0 Å². The number of ether oxygens (including phenoxy) is 3. The smallest absolute Gasteiger partial charge is 0.189 e. The van der Waals surface area contributed by atoms with Crippen molar-refractivity contribution in [1.82, 2.24) is 0 Å². The average molecular weight is 267 g/mol. The van der Waals surface area contributed by atoms with E-state index in [1.165, 1.54) is 12.1 Å². The molecule has 4 nitrogen and oxygen atoms in total. The molecule has 0 spiro atoms. The Hall–Kier alpha value is -0.680. The molecular formula is C10H12Cl2O4. The van der Waals surface area contributed by atoms with Crippen LogP contribution in [0.15, 0.2) is 12.1 Å². The Bertz CT molecular complexity index is 321. The predicted octanol–water partition coefficient (Wildman–Crippen LogP) is 2.70. The molecule has 0 atom stereocenters. The van der Waals surface area contributed by atoms with Gasteiger partial charge in [0.2, 0.25) is 0 Å². The van der Waals surface area contributed by atoms with Crippen LogP contribution in [0.5, 0.6) is 11.5 Å². The van der Waals surface area contributed by atoms with Gasteiger partial charge in [-0.25, -0.2) is 0 Å². The lowest BCUT2D eigenvalue weighted by molar-refractivity contribution is -0.00848. The Morgan fingerprint density at radius 3 is 2.38 bits per heavy atom. The van der Waals surface area contributed by atoms with Gasteiger partial charge < -0.3 is 19.3 Å². The first kappa shape index (κ1) is 13.4. The number of hydrogen-bond donors (Lipinski definition) is 1. The summed E-state index contributed by atoms with van der Waals surface area (Å²) in [6.07, 6.45) is 0. The average Bonchev–Trinajstić information content (AvgIpc) is 2.25. The van der Waals surface area contributed by atoms with Crippen molar-refractivity contribution in [3.8, 4) is 11.5 Å². The molecule has 1 aromatic rings. The molecule has 0 unspecified atom stereocenters. The van der Waals surface area contributed by atoms with Gasteiger partial charge in [-0.3, -0.25) is 0 Å². The fourth-order valence-corrected chi connectivity index (χ4v) is 1.40. The Morgan fingerprint density at radius 1 is 1.19 bits per heavy atom. The molecule has 16 heavy (non-hydrogen) atoms. The van der Waals surface area contributed by atoms with Crippen LogP contribution in [0.4, 0.5) is 0 Å². The van der Waals surface area contributed by atoms with Gasteiger partial charge in [0.25, 0.3) is 0 Å². The van der Waals surface area contributed by atoms with Crippen LogP contribution in [-0.4, -0.2) is 32.2 Å². The standard InChI is InChI=1S/C10H12Cl2O4/c1-14-2-3-15-6-16-7-4-8(11)10(13)9(12)5-7/h4-5,13H,2-3,6H2,1H3. The molecule has 0 fully saturated rings. The third-order valence-corrected chi connectivity index (χ3v) is 2.31. The van der Waals surface area contributed by atoms with E-state index in [4.69, 9.17) is 37.4 Å². The molecule has 1 N–H and O–H groups in total. The molecule has 6 heteroatoms. The number of phenolic OH excluding ortho intramolecular Hbond substituents is 1. The summed E-state index contributed by atoms with van der Waals surface area (Å²) in [6.45, 7) is 1.01. The SMILES string of the molecule is COCCOCOc1cc(Cl)c(O)c(Cl)c1. The van der Waals surface area contributed by atoms with Crippen LogP contribution in [0.1, 0.15) is 0 Å². The minimum atomic E-state index is -0.156. The fourth-order valence-electron chi connectivity index (χ4n) is 0.936. The molecule has 0 radical (unpaired) electrons. The number of rotatable bonds is 6. The molecular weight excluding hydrogens is 255 g/mol. The van der Waals surface area contributed by atoms with Crippen LogP contribution in [0.25, 0.3) is 0 Å². The summed E-state index contributed by atoms with van der Waals surface area (Å²) in [5.74, 6) is 0.279. The van der Waals surface area contributed by atoms with Gasteiger partial charge in [-0.15, -0.1) is 0 Å². The Morgan fingerprint density at radius 2 is 1.81 bits per heavy atom. The number of phenols is 1. The van der Waals surface area contributed by atoms with Gasteiger partial charge in [0.05, 0.1) is 23.3 Å². The number of hydrogen-bond acceptors (Lipinski definition) is 4. The molecule has 0 aliphatic carbocycles. The molecule has 0 saturated heterocycles. The van der Waals surface area contributed by atoms with Gasteiger partial charge in [-0.2, -0.15) is 0 Å². The van der Waals surface area contributed by atoms with Crippen molar-refractivity contribution in [2.75, 3.05) is 27.1 Å². The van der Waals surface area contributed by atoms with Crippen molar-refractivity contribution >= 4 is 23.2 Å². The second-order valence-corrected chi connectivity index (χ2v) is 3.71. The zero-order chi connectivity index (χ0) is 12.0. The lowest BCUT2D eigenvalue weighted by atomic mass is 10.3. The van der Waals surface area contributed by atoms with Crippen molar-refractivity contribution < 1.29 is 19.3 Å². The maximum absolute atomic E-state index is 9.31. The largest absolute Gasteiger partial charge is 0.505 e. The number of benzene rings is 1. The first-order chi connectivity index (χ1) is 7.65. The normalized spacial score (nSPS) is 10.4. The third kappa shape index (κ3) is 4.06. The molecule has 0 aliphatic rings. The first-order valence-electron chi connectivity index (χ1n) is 4.52. The summed E-state index contributed by atoms with van der Waals surface area (Å²) in [5, 5.41) is 9.58. The molecule has 0 heterocycles. The monoisotopic (exact) mass is 266 g/mol. The zero-order valence-corrected chi connectivity index (χ0v) is 10.2. The van der Waals surface area contributed by atoms with Gasteiger partial charge in [-0.05, 0) is 0 Å². The van der Waals surface area contributed by atoms with Crippen molar-refractivity contribution in [1.29, 1.82) is 0 Å². The van der Waals surface area contributed by atoms with Gasteiger partial charge in [0.1, 0.15) is 5.75 Å². The van der Waals surface area contributed by atoms with E-state index < -0.39 is 0 Å². The molecule has 1 rings (SSSR count). The zero-order valence-electron chi connectivity index (χ0n) is 8.70. The maximum Gasteiger partial charge on any atom is 0.189 e. The molecule has 0 amide bonds. The highest BCUT2D eigenvalue weighted by atomic mass is 35.5. The lowest BCUT2D eigenvalue weighted by Gasteiger charge is -2.08. The molecule has 0 saturated carbocycles. The first-order valence-corrected chi connectivity index (χ1v) is 5.28. The maximum atomic E-state index is 9.31. The van der Waals surface area contributed by atoms with Crippen molar-refractivity contribution in [2.24, 2.45) is 0 Å². The highest BCUT2D eigenvalue weighted by molar-refractivity contribution is 6.37. The minimum Gasteiger partial charge on any atom is -0.505 e. The molecule has 0 aromatic heterocycles. The van der Waals surface area contributed by atoms with E-state index in [9.17, 15) is 5.11 Å². The van der Waals surface area contributed by atoms with Crippen molar-refractivity contribution in [2.45, 2.75) is 0 Å². The van der Waals surface area contributed by atoms with Crippen LogP contribution >= 0.6 is 23.2 Å². The Balaban J connectivity index is 2.43. The topological polar surface area (TPSA) is 47.9 Å². The second-order valence-electron chi connectivity index (χ2n) is 2.90. The summed E-state index contributed by atoms with van der Waals surface area (Å²) in [5.41, 5.74) is 0. The Labute approximate surface area is 104 Å². The number of halogens is 2. The van der Waals surface area contributed by atoms with Crippen LogP contribution in [-0.2, 0) is 9.47 Å². The van der Waals surface area contributed by atoms with Crippen LogP contribution in [0.2, 0.25) is 10.0 Å². The van der Waals surface area contributed by atoms with E-state index in [0.717, 1.165) is 0 Å². The number of methoxy groups -OCH3 is 1. The summed E-state index contributed by atoms with van der Waals surface area (Å²) >= 11 is 11.4. The summed E-state index contributed by atoms with van der Waals surface area (Å²) < 4.78 is 15.1. The minimum absolute atomic E-state index is 0.0702. The van der Waals surface area contributed by atoms with Crippen LogP contribution in [0.3, 0.4) is 0 Å². The molecule has 1 aromatic carbocycles. The second kappa shape index (κ2) is 6.81. The van der Waals surface area contributed by atoms with Crippen molar-refractivity contribution in [3.05, 3.63) is 22.2 Å². The summed E-state index contributed by atoms with van der Waals surface area (Å²) in [4.78, 5) is 0. The van der Waals surface area contributed by atoms with Crippen molar-refractivity contribution in [3.63, 3.8) is 0 Å². The van der Waals surface area contributed by atoms with Crippen LogP contribution < -0.4 is 4.74 Å². The number of aromatic hydroxyl groups is 1. The van der Waals surface area contributed by atoms with E-state index in [-0.39, 0.29) is 22.6 Å². The molecule has 0 bridgehead atoms. The van der Waals surface area contributed by atoms with E-state index in [0.29, 0.717) is 19.0 Å². The molecule has 90 valence electrons. The van der Waals surface area contributed by atoms with E-state index in [2.05, 4.69) is 0 Å². The fraction of sp³-hybridized carbons (Fsp3) is 0.400. The van der Waals surface area contributed by atoms with Gasteiger partial charge in [0.15, 0.2) is 12.5 Å². The molecule has 0 aliphatic heterocycles. The summed E-state index contributed by atoms with van der Waals surface area (Å²) in [7, 11) is 1.59. The Kier molecular flexibility index (Phi) is 5.69. The highest BCUT2D eigenvalue weighted by Crippen LogP contribution is 2.35. The van der Waals surface area contributed by atoms with E-state index in [1.54, 1.807) is 7.11 Å².